The quantitative estimate of drug-likeness (QED) is 0.640. The molecule has 0 aromatic carbocycles. The molecule has 0 aliphatic heterocycles. The first-order chi connectivity index (χ1) is 9.29. The molecule has 0 aliphatic carbocycles. The van der Waals surface area contributed by atoms with Crippen LogP contribution in [0.4, 0.5) is 0 Å². The van der Waals surface area contributed by atoms with Gasteiger partial charge in [-0.15, -0.1) is 0 Å². The van der Waals surface area contributed by atoms with E-state index in [-0.39, 0.29) is 23.8 Å². The van der Waals surface area contributed by atoms with Gasteiger partial charge in [0.15, 0.2) is 0 Å². The second-order valence-corrected chi connectivity index (χ2v) is 5.61. The van der Waals surface area contributed by atoms with Crippen molar-refractivity contribution in [3.63, 3.8) is 0 Å². The van der Waals surface area contributed by atoms with Crippen molar-refractivity contribution in [2.75, 3.05) is 7.11 Å². The topological polar surface area (TPSA) is 52.6 Å². The third-order valence-corrected chi connectivity index (χ3v) is 4.71. The highest BCUT2D eigenvalue weighted by Crippen LogP contribution is 2.32. The summed E-state index contributed by atoms with van der Waals surface area (Å²) >= 11 is 0. The maximum absolute atomic E-state index is 12.3. The first-order valence-corrected chi connectivity index (χ1v) is 7.60. The highest BCUT2D eigenvalue weighted by atomic mass is 16.6. The molecule has 118 valence electrons. The largest absolute Gasteiger partial charge is 0.469 e. The summed E-state index contributed by atoms with van der Waals surface area (Å²) in [5.41, 5.74) is -0.772. The molecule has 0 amide bonds. The average molecular weight is 286 g/mol. The van der Waals surface area contributed by atoms with Gasteiger partial charge in [-0.3, -0.25) is 9.59 Å². The molecule has 0 radical (unpaired) electrons. The lowest BCUT2D eigenvalue weighted by Gasteiger charge is -2.37. The molecule has 3 atom stereocenters. The lowest BCUT2D eigenvalue weighted by molar-refractivity contribution is -0.180. The van der Waals surface area contributed by atoms with Crippen molar-refractivity contribution in [1.29, 1.82) is 0 Å². The Hall–Kier alpha value is -1.06. The van der Waals surface area contributed by atoms with E-state index in [2.05, 4.69) is 6.92 Å². The molecule has 0 saturated carbocycles. The van der Waals surface area contributed by atoms with Crippen LogP contribution in [0.3, 0.4) is 0 Å². The SMILES string of the molecule is CC[C@H](C)C(C)C(=O)OC(CC)(CC)C(C)C(=O)OC. The summed E-state index contributed by atoms with van der Waals surface area (Å²) in [6.45, 7) is 11.6. The predicted octanol–water partition coefficient (Wildman–Crippen LogP) is 3.58. The molecule has 20 heavy (non-hydrogen) atoms. The third-order valence-electron chi connectivity index (χ3n) is 4.71. The molecule has 4 heteroatoms. The Kier molecular flexibility index (Phi) is 7.84. The minimum atomic E-state index is -0.772. The van der Waals surface area contributed by atoms with Gasteiger partial charge in [-0.05, 0) is 25.7 Å². The summed E-state index contributed by atoms with van der Waals surface area (Å²) in [6.07, 6.45) is 2.12. The van der Waals surface area contributed by atoms with Crippen LogP contribution in [0.5, 0.6) is 0 Å². The van der Waals surface area contributed by atoms with Gasteiger partial charge in [-0.25, -0.2) is 0 Å². The van der Waals surface area contributed by atoms with Crippen molar-refractivity contribution >= 4 is 11.9 Å². The average Bonchev–Trinajstić information content (AvgIpc) is 2.49. The zero-order valence-electron chi connectivity index (χ0n) is 14.0. The van der Waals surface area contributed by atoms with Crippen molar-refractivity contribution in [3.8, 4) is 0 Å². The van der Waals surface area contributed by atoms with Crippen molar-refractivity contribution in [3.05, 3.63) is 0 Å². The van der Waals surface area contributed by atoms with E-state index < -0.39 is 11.5 Å². The number of rotatable bonds is 8. The van der Waals surface area contributed by atoms with Gasteiger partial charge in [0.2, 0.25) is 0 Å². The van der Waals surface area contributed by atoms with E-state index in [0.29, 0.717) is 12.8 Å². The van der Waals surface area contributed by atoms with E-state index in [1.54, 1.807) is 6.92 Å². The number of ether oxygens (including phenoxy) is 2. The Morgan fingerprint density at radius 3 is 1.85 bits per heavy atom. The van der Waals surface area contributed by atoms with E-state index in [9.17, 15) is 9.59 Å². The molecule has 2 unspecified atom stereocenters. The highest BCUT2D eigenvalue weighted by molar-refractivity contribution is 5.76. The van der Waals surface area contributed by atoms with E-state index >= 15 is 0 Å². The zero-order chi connectivity index (χ0) is 15.9. The lowest BCUT2D eigenvalue weighted by Crippen LogP contribution is -2.45. The van der Waals surface area contributed by atoms with Gasteiger partial charge in [-0.2, -0.15) is 0 Å². The first-order valence-electron chi connectivity index (χ1n) is 7.60. The Morgan fingerprint density at radius 2 is 1.50 bits per heavy atom. The van der Waals surface area contributed by atoms with Gasteiger partial charge >= 0.3 is 11.9 Å². The van der Waals surface area contributed by atoms with E-state index in [1.807, 2.05) is 27.7 Å². The molecule has 0 aromatic rings. The summed E-state index contributed by atoms with van der Waals surface area (Å²) in [4.78, 5) is 24.1. The van der Waals surface area contributed by atoms with E-state index in [4.69, 9.17) is 9.47 Å². The monoisotopic (exact) mass is 286 g/mol. The van der Waals surface area contributed by atoms with Crippen LogP contribution in [0, 0.1) is 17.8 Å². The van der Waals surface area contributed by atoms with Crippen molar-refractivity contribution in [2.45, 2.75) is 66.4 Å². The zero-order valence-corrected chi connectivity index (χ0v) is 14.0. The summed E-state index contributed by atoms with van der Waals surface area (Å²) in [7, 11) is 1.36. The molecule has 0 fully saturated rings. The minimum absolute atomic E-state index is 0.165. The Balaban J connectivity index is 5.11. The van der Waals surface area contributed by atoms with Gasteiger partial charge in [0.05, 0.1) is 18.9 Å². The number of esters is 2. The van der Waals surface area contributed by atoms with Crippen LogP contribution in [0.25, 0.3) is 0 Å². The fourth-order valence-corrected chi connectivity index (χ4v) is 2.37. The fourth-order valence-electron chi connectivity index (χ4n) is 2.37. The van der Waals surface area contributed by atoms with Crippen LogP contribution in [-0.4, -0.2) is 24.6 Å². The van der Waals surface area contributed by atoms with Gasteiger partial charge in [0, 0.05) is 0 Å². The Bertz CT molecular complexity index is 320. The molecule has 0 heterocycles. The van der Waals surface area contributed by atoms with Gasteiger partial charge in [0.25, 0.3) is 0 Å². The smallest absolute Gasteiger partial charge is 0.312 e. The molecule has 0 spiro atoms. The molecular formula is C16H30O4. The van der Waals surface area contributed by atoms with Gasteiger partial charge in [-0.1, -0.05) is 41.0 Å². The minimum Gasteiger partial charge on any atom is -0.469 e. The highest BCUT2D eigenvalue weighted by Gasteiger charge is 2.42. The maximum atomic E-state index is 12.3. The fraction of sp³-hybridized carbons (Fsp3) is 0.875. The van der Waals surface area contributed by atoms with E-state index in [1.165, 1.54) is 7.11 Å². The molecule has 0 rings (SSSR count). The van der Waals surface area contributed by atoms with Gasteiger partial charge in [0.1, 0.15) is 5.60 Å². The Morgan fingerprint density at radius 1 is 1.00 bits per heavy atom. The van der Waals surface area contributed by atoms with E-state index in [0.717, 1.165) is 6.42 Å². The normalized spacial score (nSPS) is 16.1. The van der Waals surface area contributed by atoms with Crippen LogP contribution in [0.2, 0.25) is 0 Å². The number of methoxy groups -OCH3 is 1. The van der Waals surface area contributed by atoms with Crippen LogP contribution in [-0.2, 0) is 19.1 Å². The summed E-state index contributed by atoms with van der Waals surface area (Å²) in [5, 5.41) is 0. The van der Waals surface area contributed by atoms with Crippen molar-refractivity contribution < 1.29 is 19.1 Å². The van der Waals surface area contributed by atoms with Crippen LogP contribution in [0.1, 0.15) is 60.8 Å². The molecule has 0 aliphatic rings. The van der Waals surface area contributed by atoms with Crippen LogP contribution >= 0.6 is 0 Å². The molecule has 0 saturated heterocycles. The first kappa shape index (κ1) is 18.9. The molecule has 4 nitrogen and oxygen atoms in total. The number of hydrogen-bond acceptors (Lipinski definition) is 4. The number of hydrogen-bond donors (Lipinski definition) is 0. The number of carbonyl (C=O) groups is 2. The summed E-state index contributed by atoms with van der Waals surface area (Å²) < 4.78 is 10.6. The molecule has 0 N–H and O–H groups in total. The second-order valence-electron chi connectivity index (χ2n) is 5.61. The predicted molar refractivity (Wildman–Crippen MR) is 79.2 cm³/mol. The van der Waals surface area contributed by atoms with Crippen LogP contribution in [0.15, 0.2) is 0 Å². The van der Waals surface area contributed by atoms with Crippen LogP contribution < -0.4 is 0 Å². The Labute approximate surface area is 123 Å². The second kappa shape index (κ2) is 8.28. The summed E-state index contributed by atoms with van der Waals surface area (Å²) in [5.74, 6) is -0.920. The van der Waals surface area contributed by atoms with Crippen molar-refractivity contribution in [1.82, 2.24) is 0 Å². The van der Waals surface area contributed by atoms with Gasteiger partial charge < -0.3 is 9.47 Å². The maximum Gasteiger partial charge on any atom is 0.312 e. The molecular weight excluding hydrogens is 256 g/mol. The molecule has 0 aromatic heterocycles. The number of carbonyl (C=O) groups excluding carboxylic acids is 2. The standard InChI is InChI=1S/C16H30O4/c1-8-11(4)12(5)14(17)20-16(9-2,10-3)13(6)15(18)19-7/h11-13H,8-10H2,1-7H3/t11-,12?,13?/m0/s1. The third kappa shape index (κ3) is 4.22. The lowest BCUT2D eigenvalue weighted by atomic mass is 9.83. The molecule has 0 bridgehead atoms. The summed E-state index contributed by atoms with van der Waals surface area (Å²) in [6, 6.07) is 0. The van der Waals surface area contributed by atoms with Crippen molar-refractivity contribution in [2.24, 2.45) is 17.8 Å².